The summed E-state index contributed by atoms with van der Waals surface area (Å²) in [5.74, 6) is 0. The van der Waals surface area contributed by atoms with Crippen LogP contribution in [0, 0.1) is 10.8 Å². The zero-order valence-corrected chi connectivity index (χ0v) is 11.3. The predicted molar refractivity (Wildman–Crippen MR) is 67.1 cm³/mol. The van der Waals surface area contributed by atoms with Crippen LogP contribution in [0.5, 0.6) is 0 Å². The Morgan fingerprint density at radius 2 is 1.24 bits per heavy atom. The lowest BCUT2D eigenvalue weighted by Gasteiger charge is -2.44. The normalized spacial score (nSPS) is 25.1. The van der Waals surface area contributed by atoms with Crippen molar-refractivity contribution in [1.29, 1.82) is 0 Å². The first-order valence-electron chi connectivity index (χ1n) is 6.97. The molecule has 0 aliphatic carbocycles. The second-order valence-electron chi connectivity index (χ2n) is 5.98. The van der Waals surface area contributed by atoms with Gasteiger partial charge in [0.2, 0.25) is 0 Å². The summed E-state index contributed by atoms with van der Waals surface area (Å²) in [5, 5.41) is 0. The summed E-state index contributed by atoms with van der Waals surface area (Å²) in [6.45, 7) is 9.75. The highest BCUT2D eigenvalue weighted by Gasteiger charge is 2.41. The molecule has 3 nitrogen and oxygen atoms in total. The van der Waals surface area contributed by atoms with Gasteiger partial charge in [-0.2, -0.15) is 0 Å². The molecule has 0 radical (unpaired) electrons. The molecule has 0 atom stereocenters. The molecule has 0 amide bonds. The molecule has 0 aromatic heterocycles. The maximum atomic E-state index is 5.99. The first-order valence-corrected chi connectivity index (χ1v) is 6.97. The molecular weight excluding hydrogens is 216 g/mol. The lowest BCUT2D eigenvalue weighted by Crippen LogP contribution is -2.49. The van der Waals surface area contributed by atoms with Gasteiger partial charge in [-0.3, -0.25) is 0 Å². The van der Waals surface area contributed by atoms with Crippen molar-refractivity contribution in [2.45, 2.75) is 39.5 Å². The predicted octanol–water partition coefficient (Wildman–Crippen LogP) is 2.64. The highest BCUT2D eigenvalue weighted by Crippen LogP contribution is 2.36. The van der Waals surface area contributed by atoms with Crippen LogP contribution in [-0.2, 0) is 14.2 Å². The Kier molecular flexibility index (Phi) is 4.45. The monoisotopic (exact) mass is 242 g/mol. The van der Waals surface area contributed by atoms with Gasteiger partial charge >= 0.3 is 0 Å². The van der Waals surface area contributed by atoms with Crippen LogP contribution in [0.15, 0.2) is 0 Å². The molecule has 0 aromatic rings. The molecule has 0 N–H and O–H groups in total. The standard InChI is InChI=1S/C14H26O3/c1-3-5-13(7-15-8-13)11-17-12-14(6-4-2)9-16-10-14/h3-12H2,1-2H3. The summed E-state index contributed by atoms with van der Waals surface area (Å²) in [4.78, 5) is 0. The first-order chi connectivity index (χ1) is 8.24. The zero-order valence-electron chi connectivity index (χ0n) is 11.3. The van der Waals surface area contributed by atoms with Gasteiger partial charge in [0, 0.05) is 10.8 Å². The molecule has 2 rings (SSSR count). The minimum atomic E-state index is 0.326. The lowest BCUT2D eigenvalue weighted by atomic mass is 9.81. The summed E-state index contributed by atoms with van der Waals surface area (Å²) in [7, 11) is 0. The fourth-order valence-corrected chi connectivity index (χ4v) is 2.93. The van der Waals surface area contributed by atoms with E-state index in [0.717, 1.165) is 39.6 Å². The van der Waals surface area contributed by atoms with Crippen LogP contribution in [0.3, 0.4) is 0 Å². The van der Waals surface area contributed by atoms with Crippen molar-refractivity contribution in [2.75, 3.05) is 39.6 Å². The van der Waals surface area contributed by atoms with Gasteiger partial charge < -0.3 is 14.2 Å². The van der Waals surface area contributed by atoms with Crippen LogP contribution in [0.2, 0.25) is 0 Å². The third-order valence-corrected chi connectivity index (χ3v) is 4.01. The van der Waals surface area contributed by atoms with Gasteiger partial charge in [-0.1, -0.05) is 26.7 Å². The van der Waals surface area contributed by atoms with E-state index in [1.807, 2.05) is 0 Å². The van der Waals surface area contributed by atoms with Gasteiger partial charge in [-0.25, -0.2) is 0 Å². The van der Waals surface area contributed by atoms with E-state index in [4.69, 9.17) is 14.2 Å². The maximum Gasteiger partial charge on any atom is 0.0567 e. The maximum absolute atomic E-state index is 5.99. The van der Waals surface area contributed by atoms with Crippen LogP contribution < -0.4 is 0 Å². The Hall–Kier alpha value is -0.120. The Morgan fingerprint density at radius 3 is 1.47 bits per heavy atom. The SMILES string of the molecule is CCCC1(COCC2(CCC)COC2)COC1. The number of ether oxygens (including phenoxy) is 3. The summed E-state index contributed by atoms with van der Waals surface area (Å²) in [6, 6.07) is 0. The average Bonchev–Trinajstić information content (AvgIpc) is 2.22. The molecule has 2 saturated heterocycles. The molecule has 0 bridgehead atoms. The quantitative estimate of drug-likeness (QED) is 0.655. The van der Waals surface area contributed by atoms with Crippen molar-refractivity contribution in [3.63, 3.8) is 0 Å². The number of hydrogen-bond acceptors (Lipinski definition) is 3. The Labute approximate surface area is 105 Å². The van der Waals surface area contributed by atoms with Crippen molar-refractivity contribution in [3.8, 4) is 0 Å². The molecule has 0 saturated carbocycles. The van der Waals surface area contributed by atoms with Gasteiger partial charge in [0.05, 0.1) is 39.6 Å². The van der Waals surface area contributed by atoms with Crippen molar-refractivity contribution in [1.82, 2.24) is 0 Å². The van der Waals surface area contributed by atoms with Crippen molar-refractivity contribution >= 4 is 0 Å². The van der Waals surface area contributed by atoms with Gasteiger partial charge in [0.25, 0.3) is 0 Å². The van der Waals surface area contributed by atoms with E-state index < -0.39 is 0 Å². The minimum absolute atomic E-state index is 0.326. The van der Waals surface area contributed by atoms with Gasteiger partial charge in [0.15, 0.2) is 0 Å². The van der Waals surface area contributed by atoms with E-state index in [9.17, 15) is 0 Å². The van der Waals surface area contributed by atoms with E-state index >= 15 is 0 Å². The molecule has 100 valence electrons. The van der Waals surface area contributed by atoms with Crippen molar-refractivity contribution in [2.24, 2.45) is 10.8 Å². The largest absolute Gasteiger partial charge is 0.380 e. The zero-order chi connectivity index (χ0) is 12.2. The minimum Gasteiger partial charge on any atom is -0.380 e. The Morgan fingerprint density at radius 1 is 0.824 bits per heavy atom. The van der Waals surface area contributed by atoms with Crippen molar-refractivity contribution in [3.05, 3.63) is 0 Å². The van der Waals surface area contributed by atoms with Gasteiger partial charge in [0.1, 0.15) is 0 Å². The average molecular weight is 242 g/mol. The molecule has 3 heteroatoms. The molecule has 2 fully saturated rings. The fraction of sp³-hybridized carbons (Fsp3) is 1.00. The van der Waals surface area contributed by atoms with Crippen LogP contribution in [0.4, 0.5) is 0 Å². The van der Waals surface area contributed by atoms with Crippen LogP contribution in [0.1, 0.15) is 39.5 Å². The Balaban J connectivity index is 1.71. The van der Waals surface area contributed by atoms with E-state index in [-0.39, 0.29) is 0 Å². The summed E-state index contributed by atoms with van der Waals surface area (Å²) < 4.78 is 16.7. The summed E-state index contributed by atoms with van der Waals surface area (Å²) >= 11 is 0. The second kappa shape index (κ2) is 5.68. The topological polar surface area (TPSA) is 27.7 Å². The van der Waals surface area contributed by atoms with Crippen LogP contribution in [0.25, 0.3) is 0 Å². The van der Waals surface area contributed by atoms with Gasteiger partial charge in [-0.15, -0.1) is 0 Å². The molecule has 2 heterocycles. The molecule has 17 heavy (non-hydrogen) atoms. The Bertz CT molecular complexity index is 208. The molecule has 0 aromatic carbocycles. The van der Waals surface area contributed by atoms with Gasteiger partial charge in [-0.05, 0) is 12.8 Å². The molecule has 0 spiro atoms. The van der Waals surface area contributed by atoms with Crippen LogP contribution >= 0.6 is 0 Å². The molecule has 0 unspecified atom stereocenters. The lowest BCUT2D eigenvalue weighted by molar-refractivity contribution is -0.189. The third-order valence-electron chi connectivity index (χ3n) is 4.01. The van der Waals surface area contributed by atoms with E-state index in [0.29, 0.717) is 10.8 Å². The first kappa shape index (κ1) is 13.3. The smallest absolute Gasteiger partial charge is 0.0567 e. The number of rotatable bonds is 8. The summed E-state index contributed by atoms with van der Waals surface area (Å²) in [6.07, 6.45) is 4.89. The highest BCUT2D eigenvalue weighted by atomic mass is 16.5. The second-order valence-corrected chi connectivity index (χ2v) is 5.98. The number of hydrogen-bond donors (Lipinski definition) is 0. The third kappa shape index (κ3) is 3.01. The van der Waals surface area contributed by atoms with E-state index in [1.54, 1.807) is 0 Å². The van der Waals surface area contributed by atoms with Crippen LogP contribution in [-0.4, -0.2) is 39.6 Å². The van der Waals surface area contributed by atoms with E-state index in [1.165, 1.54) is 25.7 Å². The van der Waals surface area contributed by atoms with E-state index in [2.05, 4.69) is 13.8 Å². The van der Waals surface area contributed by atoms with Crippen molar-refractivity contribution < 1.29 is 14.2 Å². The highest BCUT2D eigenvalue weighted by molar-refractivity contribution is 4.88. The molecule has 2 aliphatic heterocycles. The molecule has 2 aliphatic rings. The fourth-order valence-electron chi connectivity index (χ4n) is 2.93. The summed E-state index contributed by atoms with van der Waals surface area (Å²) in [5.41, 5.74) is 0.652. The molecular formula is C14H26O3.